The third kappa shape index (κ3) is 1.99. The van der Waals surface area contributed by atoms with E-state index in [-0.39, 0.29) is 6.10 Å². The van der Waals surface area contributed by atoms with Crippen LogP contribution in [0, 0.1) is 11.8 Å². The fraction of sp³-hybridized carbons (Fsp3) is 1.00. The van der Waals surface area contributed by atoms with Gasteiger partial charge in [-0.05, 0) is 38.8 Å². The number of hydrogen-bond donors (Lipinski definition) is 1. The van der Waals surface area contributed by atoms with E-state index in [1.165, 1.54) is 0 Å². The Morgan fingerprint density at radius 3 is 2.08 bits per heavy atom. The largest absolute Gasteiger partial charge is 0.391 e. The summed E-state index contributed by atoms with van der Waals surface area (Å²) < 4.78 is 0. The van der Waals surface area contributed by atoms with Crippen molar-refractivity contribution < 1.29 is 5.11 Å². The van der Waals surface area contributed by atoms with Crippen LogP contribution in [0.25, 0.3) is 0 Å². The maximum atomic E-state index is 9.79. The number of hydrogen-bond acceptors (Lipinski definition) is 2. The van der Waals surface area contributed by atoms with Crippen LogP contribution in [0.2, 0.25) is 0 Å². The van der Waals surface area contributed by atoms with Gasteiger partial charge in [-0.15, -0.1) is 0 Å². The molecular formula is C10H21NO. The molecule has 1 fully saturated rings. The Morgan fingerprint density at radius 1 is 1.08 bits per heavy atom. The normalized spacial score (nSPS) is 43.5. The molecule has 0 bridgehead atoms. The second kappa shape index (κ2) is 3.75. The number of rotatable bonds is 1. The highest BCUT2D eigenvalue weighted by Gasteiger charge is 2.32. The lowest BCUT2D eigenvalue weighted by atomic mass is 9.77. The second-order valence-electron chi connectivity index (χ2n) is 4.52. The van der Waals surface area contributed by atoms with Crippen molar-refractivity contribution >= 4 is 0 Å². The van der Waals surface area contributed by atoms with E-state index >= 15 is 0 Å². The Hall–Kier alpha value is -0.0800. The maximum absolute atomic E-state index is 9.79. The molecule has 0 heterocycles. The molecule has 1 N–H and O–H groups in total. The summed E-state index contributed by atoms with van der Waals surface area (Å²) in [6.45, 7) is 4.52. The van der Waals surface area contributed by atoms with Gasteiger partial charge in [0, 0.05) is 6.04 Å². The van der Waals surface area contributed by atoms with Gasteiger partial charge in [-0.2, -0.15) is 0 Å². The SMILES string of the molecule is CC1CC(O)C(N(C)C)CC1C. The van der Waals surface area contributed by atoms with Crippen molar-refractivity contribution in [3.8, 4) is 0 Å². The molecule has 2 heteroatoms. The molecule has 1 aliphatic carbocycles. The zero-order valence-electron chi connectivity index (χ0n) is 8.62. The fourth-order valence-corrected chi connectivity index (χ4v) is 2.10. The first-order chi connectivity index (χ1) is 5.52. The monoisotopic (exact) mass is 171 g/mol. The van der Waals surface area contributed by atoms with Crippen LogP contribution in [-0.2, 0) is 0 Å². The minimum absolute atomic E-state index is 0.119. The van der Waals surface area contributed by atoms with Gasteiger partial charge in [-0.3, -0.25) is 0 Å². The second-order valence-corrected chi connectivity index (χ2v) is 4.52. The fourth-order valence-electron chi connectivity index (χ4n) is 2.10. The summed E-state index contributed by atoms with van der Waals surface area (Å²) in [5.41, 5.74) is 0. The summed E-state index contributed by atoms with van der Waals surface area (Å²) in [4.78, 5) is 2.15. The van der Waals surface area contributed by atoms with Crippen LogP contribution in [0.15, 0.2) is 0 Å². The van der Waals surface area contributed by atoms with Gasteiger partial charge in [0.25, 0.3) is 0 Å². The van der Waals surface area contributed by atoms with Gasteiger partial charge in [0.15, 0.2) is 0 Å². The Morgan fingerprint density at radius 2 is 1.58 bits per heavy atom. The van der Waals surface area contributed by atoms with E-state index in [4.69, 9.17) is 0 Å². The molecule has 1 aliphatic rings. The van der Waals surface area contributed by atoms with Gasteiger partial charge >= 0.3 is 0 Å². The van der Waals surface area contributed by atoms with Crippen molar-refractivity contribution in [1.29, 1.82) is 0 Å². The van der Waals surface area contributed by atoms with Crippen LogP contribution in [0.3, 0.4) is 0 Å². The smallest absolute Gasteiger partial charge is 0.0697 e. The van der Waals surface area contributed by atoms with Crippen LogP contribution in [0.4, 0.5) is 0 Å². The summed E-state index contributed by atoms with van der Waals surface area (Å²) in [5, 5.41) is 9.79. The molecule has 0 aromatic rings. The molecule has 0 aliphatic heterocycles. The van der Waals surface area contributed by atoms with E-state index in [0.29, 0.717) is 12.0 Å². The molecule has 1 rings (SSSR count). The van der Waals surface area contributed by atoms with Crippen molar-refractivity contribution in [3.63, 3.8) is 0 Å². The zero-order chi connectivity index (χ0) is 9.30. The van der Waals surface area contributed by atoms with Crippen LogP contribution >= 0.6 is 0 Å². The van der Waals surface area contributed by atoms with Crippen molar-refractivity contribution in [1.82, 2.24) is 4.90 Å². The first kappa shape index (κ1) is 10.0. The van der Waals surface area contributed by atoms with Gasteiger partial charge in [-0.25, -0.2) is 0 Å². The number of aliphatic hydroxyl groups is 1. The van der Waals surface area contributed by atoms with Crippen molar-refractivity contribution in [2.45, 2.75) is 38.8 Å². The Balaban J connectivity index is 2.55. The minimum atomic E-state index is -0.119. The van der Waals surface area contributed by atoms with Crippen LogP contribution < -0.4 is 0 Å². The lowest BCUT2D eigenvalue weighted by Crippen LogP contribution is -2.45. The number of nitrogens with zero attached hydrogens (tertiary/aromatic N) is 1. The third-order valence-electron chi connectivity index (χ3n) is 3.31. The van der Waals surface area contributed by atoms with Crippen molar-refractivity contribution in [3.05, 3.63) is 0 Å². The number of aliphatic hydroxyl groups excluding tert-OH is 1. The lowest BCUT2D eigenvalue weighted by molar-refractivity contribution is 0.00500. The van der Waals surface area contributed by atoms with Crippen molar-refractivity contribution in [2.75, 3.05) is 14.1 Å². The van der Waals surface area contributed by atoms with E-state index in [1.807, 2.05) is 0 Å². The predicted molar refractivity (Wildman–Crippen MR) is 51.0 cm³/mol. The number of likely N-dealkylation sites (N-methyl/N-ethyl adjacent to an activating group) is 1. The molecule has 12 heavy (non-hydrogen) atoms. The third-order valence-corrected chi connectivity index (χ3v) is 3.31. The highest BCUT2D eigenvalue weighted by atomic mass is 16.3. The molecule has 0 aromatic heterocycles. The van der Waals surface area contributed by atoms with E-state index in [2.05, 4.69) is 32.8 Å². The summed E-state index contributed by atoms with van der Waals surface area (Å²) in [6.07, 6.45) is 1.98. The van der Waals surface area contributed by atoms with Gasteiger partial charge < -0.3 is 10.0 Å². The molecule has 72 valence electrons. The minimum Gasteiger partial charge on any atom is -0.391 e. The molecular weight excluding hydrogens is 150 g/mol. The van der Waals surface area contributed by atoms with Crippen LogP contribution in [0.1, 0.15) is 26.7 Å². The highest BCUT2D eigenvalue weighted by molar-refractivity contribution is 4.86. The summed E-state index contributed by atoms with van der Waals surface area (Å²) in [7, 11) is 4.10. The van der Waals surface area contributed by atoms with E-state index in [0.717, 1.165) is 18.8 Å². The first-order valence-corrected chi connectivity index (χ1v) is 4.87. The Bertz CT molecular complexity index is 147. The topological polar surface area (TPSA) is 23.5 Å². The van der Waals surface area contributed by atoms with E-state index < -0.39 is 0 Å². The lowest BCUT2D eigenvalue weighted by Gasteiger charge is -2.39. The molecule has 1 saturated carbocycles. The average molecular weight is 171 g/mol. The molecule has 0 aromatic carbocycles. The van der Waals surface area contributed by atoms with Gasteiger partial charge in [0.2, 0.25) is 0 Å². The highest BCUT2D eigenvalue weighted by Crippen LogP contribution is 2.31. The van der Waals surface area contributed by atoms with Gasteiger partial charge in [0.05, 0.1) is 6.10 Å². The average Bonchev–Trinajstić information content (AvgIpc) is 1.96. The molecule has 2 nitrogen and oxygen atoms in total. The molecule has 0 radical (unpaired) electrons. The molecule has 0 spiro atoms. The van der Waals surface area contributed by atoms with Gasteiger partial charge in [-0.1, -0.05) is 13.8 Å². The quantitative estimate of drug-likeness (QED) is 0.643. The summed E-state index contributed by atoms with van der Waals surface area (Å²) in [5.74, 6) is 1.43. The van der Waals surface area contributed by atoms with E-state index in [9.17, 15) is 5.11 Å². The summed E-state index contributed by atoms with van der Waals surface area (Å²) >= 11 is 0. The Labute approximate surface area is 75.6 Å². The van der Waals surface area contributed by atoms with Gasteiger partial charge in [0.1, 0.15) is 0 Å². The van der Waals surface area contributed by atoms with Crippen LogP contribution in [0.5, 0.6) is 0 Å². The van der Waals surface area contributed by atoms with Crippen molar-refractivity contribution in [2.24, 2.45) is 11.8 Å². The molecule has 0 amide bonds. The maximum Gasteiger partial charge on any atom is 0.0697 e. The molecule has 4 atom stereocenters. The standard InChI is InChI=1S/C10H21NO/c1-7-5-9(11(3)4)10(12)6-8(7)2/h7-10,12H,5-6H2,1-4H3. The Kier molecular flexibility index (Phi) is 3.13. The van der Waals surface area contributed by atoms with E-state index in [1.54, 1.807) is 0 Å². The zero-order valence-corrected chi connectivity index (χ0v) is 8.62. The summed E-state index contributed by atoms with van der Waals surface area (Å²) in [6, 6.07) is 0.371. The predicted octanol–water partition coefficient (Wildman–Crippen LogP) is 1.34. The first-order valence-electron chi connectivity index (χ1n) is 4.87. The van der Waals surface area contributed by atoms with Crippen LogP contribution in [-0.4, -0.2) is 36.2 Å². The molecule has 0 saturated heterocycles. The molecule has 4 unspecified atom stereocenters.